The molecule has 2 fully saturated rings. The number of para-hydroxylation sites is 2. The number of hydrogen-bond acceptors (Lipinski definition) is 11. The van der Waals surface area contributed by atoms with Gasteiger partial charge in [0.25, 0.3) is 0 Å². The molecule has 7 N–H and O–H groups in total. The maximum Gasteiger partial charge on any atom is 0.229 e. The van der Waals surface area contributed by atoms with Gasteiger partial charge in [0, 0.05) is 0 Å². The number of rotatable bonds is 5. The zero-order chi connectivity index (χ0) is 21.3. The van der Waals surface area contributed by atoms with Gasteiger partial charge in [-0.3, -0.25) is 0 Å². The van der Waals surface area contributed by atoms with Crippen LogP contribution >= 0.6 is 0 Å². The van der Waals surface area contributed by atoms with E-state index in [1.807, 2.05) is 0 Å². The van der Waals surface area contributed by atoms with Crippen LogP contribution < -0.4 is 4.74 Å². The highest BCUT2D eigenvalue weighted by Gasteiger charge is 2.47. The molecule has 2 heterocycles. The first-order valence-corrected chi connectivity index (χ1v) is 9.16. The van der Waals surface area contributed by atoms with Crippen molar-refractivity contribution in [1.82, 2.24) is 0 Å². The van der Waals surface area contributed by atoms with E-state index in [4.69, 9.17) is 18.9 Å². The fourth-order valence-corrected chi connectivity index (χ4v) is 3.17. The van der Waals surface area contributed by atoms with E-state index in [0.717, 1.165) is 0 Å². The molecule has 10 atom stereocenters. The van der Waals surface area contributed by atoms with Crippen molar-refractivity contribution in [3.63, 3.8) is 0 Å². The summed E-state index contributed by atoms with van der Waals surface area (Å²) in [6, 6.07) is 5.93. The van der Waals surface area contributed by atoms with Crippen LogP contribution in [0.5, 0.6) is 11.5 Å². The van der Waals surface area contributed by atoms with Gasteiger partial charge >= 0.3 is 0 Å². The van der Waals surface area contributed by atoms with E-state index < -0.39 is 68.0 Å². The van der Waals surface area contributed by atoms with Gasteiger partial charge in [0.1, 0.15) is 42.7 Å². The first kappa shape index (κ1) is 22.2. The summed E-state index contributed by atoms with van der Waals surface area (Å²) in [6.07, 6.45) is -13.9. The number of aliphatic hydroxyl groups is 6. The average Bonchev–Trinajstić information content (AvgIpc) is 2.70. The van der Waals surface area contributed by atoms with Crippen molar-refractivity contribution < 1.29 is 54.7 Å². The lowest BCUT2D eigenvalue weighted by Crippen LogP contribution is -2.61. The predicted octanol–water partition coefficient (Wildman–Crippen LogP) is -2.58. The molecule has 0 aromatic heterocycles. The Hall–Kier alpha value is -1.54. The normalized spacial score (nSPS) is 43.1. The van der Waals surface area contributed by atoms with E-state index >= 15 is 0 Å². The smallest absolute Gasteiger partial charge is 0.229 e. The van der Waals surface area contributed by atoms with Crippen LogP contribution in [-0.2, 0) is 14.2 Å². The Morgan fingerprint density at radius 3 is 2.10 bits per heavy atom. The molecule has 1 aromatic rings. The van der Waals surface area contributed by atoms with Crippen LogP contribution in [0.3, 0.4) is 0 Å². The van der Waals surface area contributed by atoms with Crippen molar-refractivity contribution in [1.29, 1.82) is 0 Å². The second-order valence-corrected chi connectivity index (χ2v) is 7.11. The maximum atomic E-state index is 10.2. The zero-order valence-electron chi connectivity index (χ0n) is 15.6. The second kappa shape index (κ2) is 9.08. The molecular formula is C18H26O11. The third-order valence-corrected chi connectivity index (χ3v) is 5.01. The first-order chi connectivity index (χ1) is 13.7. The van der Waals surface area contributed by atoms with Gasteiger partial charge in [0.15, 0.2) is 17.8 Å². The van der Waals surface area contributed by atoms with Crippen molar-refractivity contribution in [3.8, 4) is 11.5 Å². The Kier molecular flexibility index (Phi) is 6.94. The fourth-order valence-electron chi connectivity index (χ4n) is 3.17. The molecule has 11 heteroatoms. The molecule has 164 valence electrons. The minimum absolute atomic E-state index is 0.00298. The molecule has 0 bridgehead atoms. The molecule has 3 rings (SSSR count). The van der Waals surface area contributed by atoms with Crippen LogP contribution in [0.2, 0.25) is 0 Å². The molecular weight excluding hydrogens is 392 g/mol. The minimum Gasteiger partial charge on any atom is -0.504 e. The van der Waals surface area contributed by atoms with Crippen molar-refractivity contribution in [2.75, 3.05) is 6.61 Å². The van der Waals surface area contributed by atoms with E-state index in [1.54, 1.807) is 12.1 Å². The number of aliphatic hydroxyl groups excluding tert-OH is 6. The third-order valence-electron chi connectivity index (χ3n) is 5.01. The highest BCUT2D eigenvalue weighted by atomic mass is 16.7. The first-order valence-electron chi connectivity index (χ1n) is 9.16. The molecule has 0 radical (unpaired) electrons. The summed E-state index contributed by atoms with van der Waals surface area (Å²) < 4.78 is 21.6. The number of phenols is 1. The average molecular weight is 418 g/mol. The lowest BCUT2D eigenvalue weighted by atomic mass is 9.98. The number of benzene rings is 1. The number of hydrogen-bond donors (Lipinski definition) is 7. The molecule has 0 spiro atoms. The molecule has 0 aliphatic carbocycles. The minimum atomic E-state index is -1.64. The third kappa shape index (κ3) is 4.63. The molecule has 0 amide bonds. The Balaban J connectivity index is 1.64. The highest BCUT2D eigenvalue weighted by Crippen LogP contribution is 2.30. The Labute approximate surface area is 166 Å². The summed E-state index contributed by atoms with van der Waals surface area (Å²) in [5, 5.41) is 69.7. The standard InChI is InChI=1S/C18H26O11/c1-7-11(20)13(22)15(24)17(27-7)26-6-10-12(21)14(23)16(25)18(29-10)28-9-5-3-2-4-8(9)19/h2-5,7,10-25H,6H2,1H3/t7-,10+,11-,12+,13+,14-,15+,16+,17+,18+/m0/s1. The zero-order valence-corrected chi connectivity index (χ0v) is 15.6. The van der Waals surface area contributed by atoms with E-state index in [2.05, 4.69) is 0 Å². The van der Waals surface area contributed by atoms with Crippen LogP contribution in [0.25, 0.3) is 0 Å². The van der Waals surface area contributed by atoms with Crippen LogP contribution in [0, 0.1) is 0 Å². The summed E-state index contributed by atoms with van der Waals surface area (Å²) in [7, 11) is 0. The highest BCUT2D eigenvalue weighted by molar-refractivity contribution is 5.38. The number of aromatic hydroxyl groups is 1. The van der Waals surface area contributed by atoms with E-state index in [-0.39, 0.29) is 11.5 Å². The summed E-state index contributed by atoms with van der Waals surface area (Å²) in [4.78, 5) is 0. The quantitative estimate of drug-likeness (QED) is 0.267. The van der Waals surface area contributed by atoms with E-state index in [9.17, 15) is 35.7 Å². The van der Waals surface area contributed by atoms with Gasteiger partial charge < -0.3 is 54.7 Å². The topological polar surface area (TPSA) is 179 Å². The lowest BCUT2D eigenvalue weighted by molar-refractivity contribution is -0.318. The van der Waals surface area contributed by atoms with Crippen molar-refractivity contribution in [3.05, 3.63) is 24.3 Å². The molecule has 0 saturated carbocycles. The summed E-state index contributed by atoms with van der Waals surface area (Å²) >= 11 is 0. The summed E-state index contributed by atoms with van der Waals surface area (Å²) in [5.74, 6) is -0.214. The van der Waals surface area contributed by atoms with Gasteiger partial charge in [-0.1, -0.05) is 12.1 Å². The number of ether oxygens (including phenoxy) is 4. The van der Waals surface area contributed by atoms with Gasteiger partial charge in [-0.15, -0.1) is 0 Å². The SMILES string of the molecule is C[C@@H]1O[C@@H](OC[C@H]2O[C@@H](Oc3ccccc3O)[C@H](O)[C@@H](O)[C@@H]2O)[C@H](O)[C@H](O)[C@H]1O. The Morgan fingerprint density at radius 1 is 0.793 bits per heavy atom. The van der Waals surface area contributed by atoms with Crippen LogP contribution in [-0.4, -0.2) is 104 Å². The molecule has 11 nitrogen and oxygen atoms in total. The lowest BCUT2D eigenvalue weighted by Gasteiger charge is -2.42. The van der Waals surface area contributed by atoms with Crippen molar-refractivity contribution in [2.24, 2.45) is 0 Å². The number of phenolic OH excluding ortho intramolecular Hbond substituents is 1. The van der Waals surface area contributed by atoms with Gasteiger partial charge in [0.05, 0.1) is 12.7 Å². The van der Waals surface area contributed by atoms with Gasteiger partial charge in [0.2, 0.25) is 6.29 Å². The van der Waals surface area contributed by atoms with Crippen molar-refractivity contribution >= 4 is 0 Å². The maximum absolute atomic E-state index is 10.2. The Bertz CT molecular complexity index is 673. The van der Waals surface area contributed by atoms with Gasteiger partial charge in [-0.25, -0.2) is 0 Å². The second-order valence-electron chi connectivity index (χ2n) is 7.11. The van der Waals surface area contributed by atoms with Crippen LogP contribution in [0.1, 0.15) is 6.92 Å². The molecule has 1 aromatic carbocycles. The predicted molar refractivity (Wildman–Crippen MR) is 93.7 cm³/mol. The molecule has 2 aliphatic rings. The summed E-state index contributed by atoms with van der Waals surface area (Å²) in [6.45, 7) is 1.08. The summed E-state index contributed by atoms with van der Waals surface area (Å²) in [5.41, 5.74) is 0. The van der Waals surface area contributed by atoms with E-state index in [0.29, 0.717) is 0 Å². The van der Waals surface area contributed by atoms with E-state index in [1.165, 1.54) is 19.1 Å². The van der Waals surface area contributed by atoms with Crippen LogP contribution in [0.15, 0.2) is 24.3 Å². The molecule has 2 aliphatic heterocycles. The van der Waals surface area contributed by atoms with Crippen LogP contribution in [0.4, 0.5) is 0 Å². The largest absolute Gasteiger partial charge is 0.504 e. The molecule has 2 saturated heterocycles. The van der Waals surface area contributed by atoms with Crippen molar-refractivity contribution in [2.45, 2.75) is 68.3 Å². The monoisotopic (exact) mass is 418 g/mol. The van der Waals surface area contributed by atoms with Gasteiger partial charge in [-0.2, -0.15) is 0 Å². The fraction of sp³-hybridized carbons (Fsp3) is 0.667. The molecule has 29 heavy (non-hydrogen) atoms. The molecule has 0 unspecified atom stereocenters. The Morgan fingerprint density at radius 2 is 1.41 bits per heavy atom. The van der Waals surface area contributed by atoms with Gasteiger partial charge in [-0.05, 0) is 19.1 Å².